The maximum Gasteiger partial charge on any atom is 0.261 e. The second-order valence-electron chi connectivity index (χ2n) is 9.39. The molecule has 1 atom stereocenters. The lowest BCUT2D eigenvalue weighted by atomic mass is 10.1. The number of aryl methyl sites for hydroxylation is 1. The number of nitrogens with zero attached hydrogens (tertiary/aromatic N) is 6. The van der Waals surface area contributed by atoms with Crippen LogP contribution in [-0.2, 0) is 18.3 Å². The number of fused-ring (bicyclic) bond motifs is 3. The highest BCUT2D eigenvalue weighted by Gasteiger charge is 2.42. The van der Waals surface area contributed by atoms with Crippen molar-refractivity contribution in [3.05, 3.63) is 59.1 Å². The van der Waals surface area contributed by atoms with Crippen LogP contribution in [0.25, 0.3) is 11.3 Å². The van der Waals surface area contributed by atoms with E-state index in [0.29, 0.717) is 19.5 Å². The highest BCUT2D eigenvalue weighted by Crippen LogP contribution is 2.48. The van der Waals surface area contributed by atoms with Crippen molar-refractivity contribution in [2.75, 3.05) is 37.7 Å². The molecule has 3 aliphatic rings. The normalized spacial score (nSPS) is 18.4. The molecule has 12 heteroatoms. The fraction of sp³-hybridized carbons (Fsp3) is 0.308. The van der Waals surface area contributed by atoms with E-state index < -0.39 is 11.9 Å². The van der Waals surface area contributed by atoms with Gasteiger partial charge >= 0.3 is 0 Å². The zero-order valence-corrected chi connectivity index (χ0v) is 21.3. The molecule has 0 radical (unpaired) electrons. The summed E-state index contributed by atoms with van der Waals surface area (Å²) < 4.78 is 22.9. The molecular weight excluding hydrogens is 515 g/mol. The predicted molar refractivity (Wildman–Crippen MR) is 137 cm³/mol. The number of halogens is 2. The molecule has 0 unspecified atom stereocenters. The molecule has 6 rings (SSSR count). The summed E-state index contributed by atoms with van der Waals surface area (Å²) in [6, 6.07) is 3.48. The summed E-state index contributed by atoms with van der Waals surface area (Å²) in [6.07, 6.45) is 3.59. The SMILES string of the molecule is C=CC(=O)N1CCN2C(=O)c3c(N4CCc5c4cnn5C)nc(-c4c(O)cccc4F)c(Cl)c3OC[C@H]2C1. The minimum atomic E-state index is -0.718. The first-order chi connectivity index (χ1) is 18.3. The molecule has 5 heterocycles. The van der Waals surface area contributed by atoms with Gasteiger partial charge in [0.05, 0.1) is 29.2 Å². The van der Waals surface area contributed by atoms with Gasteiger partial charge in [-0.1, -0.05) is 24.2 Å². The van der Waals surface area contributed by atoms with E-state index in [1.165, 1.54) is 24.3 Å². The Kier molecular flexibility index (Phi) is 5.75. The minimum Gasteiger partial charge on any atom is -0.507 e. The van der Waals surface area contributed by atoms with Gasteiger partial charge in [-0.3, -0.25) is 14.3 Å². The minimum absolute atomic E-state index is 0.0375. The summed E-state index contributed by atoms with van der Waals surface area (Å²) in [5.74, 6) is -1.33. The number of carbonyl (C=O) groups excluding carboxylic acids is 2. The first kappa shape index (κ1) is 24.2. The van der Waals surface area contributed by atoms with E-state index in [-0.39, 0.29) is 70.7 Å². The van der Waals surface area contributed by atoms with Crippen molar-refractivity contribution in [1.82, 2.24) is 24.6 Å². The summed E-state index contributed by atoms with van der Waals surface area (Å²) in [5, 5.41) is 14.8. The molecule has 2 amide bonds. The van der Waals surface area contributed by atoms with Crippen LogP contribution < -0.4 is 9.64 Å². The maximum absolute atomic E-state index is 15.0. The number of aromatic nitrogens is 3. The van der Waals surface area contributed by atoms with Gasteiger partial charge in [0.1, 0.15) is 34.5 Å². The first-order valence-corrected chi connectivity index (χ1v) is 12.5. The number of pyridine rings is 1. The number of carbonyl (C=O) groups is 2. The van der Waals surface area contributed by atoms with E-state index in [9.17, 15) is 14.7 Å². The van der Waals surface area contributed by atoms with Crippen molar-refractivity contribution in [3.63, 3.8) is 0 Å². The Bertz CT molecular complexity index is 1490. The molecule has 0 bridgehead atoms. The van der Waals surface area contributed by atoms with Gasteiger partial charge in [-0.05, 0) is 18.2 Å². The molecule has 1 aromatic carbocycles. The Hall–Kier alpha value is -4.12. The van der Waals surface area contributed by atoms with Crippen LogP contribution in [0.4, 0.5) is 15.9 Å². The van der Waals surface area contributed by atoms with Crippen LogP contribution in [-0.4, -0.2) is 80.3 Å². The molecule has 0 spiro atoms. The van der Waals surface area contributed by atoms with Gasteiger partial charge in [0.25, 0.3) is 5.91 Å². The summed E-state index contributed by atoms with van der Waals surface area (Å²) in [6.45, 7) is 5.01. The van der Waals surface area contributed by atoms with Crippen LogP contribution >= 0.6 is 11.6 Å². The Labute approximate surface area is 222 Å². The van der Waals surface area contributed by atoms with Crippen LogP contribution in [0.15, 0.2) is 37.1 Å². The maximum atomic E-state index is 15.0. The van der Waals surface area contributed by atoms with Gasteiger partial charge in [0, 0.05) is 39.6 Å². The topological polar surface area (TPSA) is 104 Å². The Morgan fingerprint density at radius 2 is 2.11 bits per heavy atom. The third-order valence-electron chi connectivity index (χ3n) is 7.33. The zero-order chi connectivity index (χ0) is 26.7. The predicted octanol–water partition coefficient (Wildman–Crippen LogP) is 2.91. The highest BCUT2D eigenvalue weighted by atomic mass is 35.5. The number of hydrogen-bond donors (Lipinski definition) is 1. The highest BCUT2D eigenvalue weighted by molar-refractivity contribution is 6.35. The van der Waals surface area contributed by atoms with Crippen molar-refractivity contribution in [1.29, 1.82) is 0 Å². The van der Waals surface area contributed by atoms with Crippen molar-refractivity contribution >= 4 is 34.9 Å². The number of anilines is 2. The molecule has 2 aromatic heterocycles. The molecule has 196 valence electrons. The summed E-state index contributed by atoms with van der Waals surface area (Å²) in [5.41, 5.74) is 1.65. The second-order valence-corrected chi connectivity index (χ2v) is 9.77. The van der Waals surface area contributed by atoms with Gasteiger partial charge in [-0.2, -0.15) is 5.10 Å². The first-order valence-electron chi connectivity index (χ1n) is 12.1. The lowest BCUT2D eigenvalue weighted by Gasteiger charge is -2.39. The van der Waals surface area contributed by atoms with Gasteiger partial charge < -0.3 is 24.5 Å². The Morgan fingerprint density at radius 1 is 1.29 bits per heavy atom. The molecule has 1 fully saturated rings. The molecule has 10 nitrogen and oxygen atoms in total. The van der Waals surface area contributed by atoms with E-state index in [1.54, 1.807) is 20.7 Å². The van der Waals surface area contributed by atoms with Gasteiger partial charge in [0.2, 0.25) is 5.91 Å². The summed E-state index contributed by atoms with van der Waals surface area (Å²) in [7, 11) is 1.84. The Morgan fingerprint density at radius 3 is 2.87 bits per heavy atom. The number of piperazine rings is 1. The molecule has 1 N–H and O–H groups in total. The number of benzene rings is 1. The van der Waals surface area contributed by atoms with Crippen molar-refractivity contribution in [2.45, 2.75) is 12.5 Å². The van der Waals surface area contributed by atoms with E-state index in [0.717, 1.165) is 11.4 Å². The number of hydrogen-bond acceptors (Lipinski definition) is 7. The van der Waals surface area contributed by atoms with Gasteiger partial charge in [-0.25, -0.2) is 9.37 Å². The van der Waals surface area contributed by atoms with Crippen LogP contribution in [0.3, 0.4) is 0 Å². The molecule has 38 heavy (non-hydrogen) atoms. The number of phenolic OH excluding ortho intramolecular Hbond substituents is 1. The van der Waals surface area contributed by atoms with Gasteiger partial charge in [0.15, 0.2) is 11.6 Å². The number of rotatable bonds is 3. The quantitative estimate of drug-likeness (QED) is 0.511. The fourth-order valence-electron chi connectivity index (χ4n) is 5.41. The molecule has 3 aliphatic heterocycles. The smallest absolute Gasteiger partial charge is 0.261 e. The van der Waals surface area contributed by atoms with Crippen LogP contribution in [0.1, 0.15) is 16.1 Å². The number of phenols is 1. The van der Waals surface area contributed by atoms with E-state index in [1.807, 2.05) is 11.9 Å². The molecular formula is C26H24ClFN6O4. The monoisotopic (exact) mass is 538 g/mol. The fourth-order valence-corrected chi connectivity index (χ4v) is 5.69. The summed E-state index contributed by atoms with van der Waals surface area (Å²) >= 11 is 6.78. The third-order valence-corrected chi connectivity index (χ3v) is 7.68. The molecule has 1 saturated heterocycles. The average molecular weight is 539 g/mol. The second kappa shape index (κ2) is 9.02. The third kappa shape index (κ3) is 3.60. The van der Waals surface area contributed by atoms with Crippen LogP contribution in [0, 0.1) is 5.82 Å². The average Bonchev–Trinajstić information content (AvgIpc) is 3.46. The van der Waals surface area contributed by atoms with Crippen molar-refractivity contribution in [3.8, 4) is 22.8 Å². The van der Waals surface area contributed by atoms with Crippen LogP contribution in [0.5, 0.6) is 11.5 Å². The van der Waals surface area contributed by atoms with Crippen molar-refractivity contribution in [2.24, 2.45) is 7.05 Å². The molecule has 0 aliphatic carbocycles. The Balaban J connectivity index is 1.54. The molecule has 3 aromatic rings. The van der Waals surface area contributed by atoms with E-state index >= 15 is 4.39 Å². The summed E-state index contributed by atoms with van der Waals surface area (Å²) in [4.78, 5) is 36.2. The largest absolute Gasteiger partial charge is 0.507 e. The lowest BCUT2D eigenvalue weighted by molar-refractivity contribution is -0.128. The van der Waals surface area contributed by atoms with Gasteiger partial charge in [-0.15, -0.1) is 0 Å². The van der Waals surface area contributed by atoms with Crippen molar-refractivity contribution < 1.29 is 23.8 Å². The number of ether oxygens (including phenoxy) is 1. The zero-order valence-electron chi connectivity index (χ0n) is 20.5. The van der Waals surface area contributed by atoms with E-state index in [4.69, 9.17) is 21.3 Å². The standard InChI is InChI=1S/C26H24ClFN6O4/c1-3-19(36)32-9-10-33-14(12-32)13-38-24-21(26(33)37)25(34-8-7-16-17(34)11-29-31(16)2)30-23(22(24)27)20-15(28)5-4-6-18(20)35/h3-6,11,14,35H,1,7-10,12-13H2,2H3/t14-/m1/s1. The number of aromatic hydroxyl groups is 1. The lowest BCUT2D eigenvalue weighted by Crippen LogP contribution is -2.57. The molecule has 0 saturated carbocycles. The van der Waals surface area contributed by atoms with E-state index in [2.05, 4.69) is 11.7 Å². The number of amides is 2. The van der Waals surface area contributed by atoms with Crippen LogP contribution in [0.2, 0.25) is 5.02 Å².